The second-order valence-electron chi connectivity index (χ2n) is 11.6. The van der Waals surface area contributed by atoms with Gasteiger partial charge in [-0.1, -0.05) is 20.8 Å². The van der Waals surface area contributed by atoms with Gasteiger partial charge < -0.3 is 14.4 Å². The number of methoxy groups -OCH3 is 1. The van der Waals surface area contributed by atoms with Crippen LogP contribution < -0.4 is 14.4 Å². The number of anilines is 1. The number of nitrogens with zero attached hydrogens (tertiary/aromatic N) is 3. The van der Waals surface area contributed by atoms with Crippen molar-refractivity contribution in [1.82, 2.24) is 14.0 Å². The first-order valence-electron chi connectivity index (χ1n) is 13.4. The van der Waals surface area contributed by atoms with Crippen molar-refractivity contribution in [2.45, 2.75) is 59.1 Å². The van der Waals surface area contributed by atoms with Crippen LogP contribution in [0.3, 0.4) is 0 Å². The van der Waals surface area contributed by atoms with Gasteiger partial charge in [0.05, 0.1) is 24.0 Å². The normalized spacial score (nSPS) is 21.5. The molecule has 2 fully saturated rings. The zero-order valence-corrected chi connectivity index (χ0v) is 24.3. The molecule has 3 heterocycles. The number of hydrogen-bond acceptors (Lipinski definition) is 7. The third-order valence-electron chi connectivity index (χ3n) is 7.20. The highest BCUT2D eigenvalue weighted by atomic mass is 32.2. The summed E-state index contributed by atoms with van der Waals surface area (Å²) >= 11 is 0. The molecule has 2 saturated heterocycles. The third kappa shape index (κ3) is 6.70. The molecule has 1 N–H and O–H groups in total. The summed E-state index contributed by atoms with van der Waals surface area (Å²) < 4.78 is 55.0. The molecule has 9 nitrogen and oxygen atoms in total. The summed E-state index contributed by atoms with van der Waals surface area (Å²) in [6, 6.07) is 7.59. The highest BCUT2D eigenvalue weighted by Gasteiger charge is 2.40. The molecule has 0 unspecified atom stereocenters. The van der Waals surface area contributed by atoms with E-state index in [1.165, 1.54) is 23.5 Å². The Morgan fingerprint density at radius 2 is 1.97 bits per heavy atom. The number of benzene rings is 1. The second-order valence-corrected chi connectivity index (χ2v) is 13.3. The van der Waals surface area contributed by atoms with Crippen LogP contribution >= 0.6 is 0 Å². The molecule has 0 spiro atoms. The molecule has 1 amide bonds. The summed E-state index contributed by atoms with van der Waals surface area (Å²) in [7, 11) is -2.54. The van der Waals surface area contributed by atoms with Gasteiger partial charge in [-0.15, -0.1) is 0 Å². The standard InChI is InChI=1S/C28H39FN4O5S/c1-18(2)17-38-23-12-20(11-21(29)13-23)25-8-7-24(26(30-25)33-15-19(3)14-28(33,4)5)27(34)31-39(35,36)32-10-9-22(16-32)37-6/h7-8,11-13,18-19,22H,9-10,14-17H2,1-6H3,(H,31,34)/t19-,22-/m0/s1. The summed E-state index contributed by atoms with van der Waals surface area (Å²) in [5.74, 6) is 0.143. The van der Waals surface area contributed by atoms with Crippen LogP contribution in [0.2, 0.25) is 0 Å². The number of carbonyl (C=O) groups excluding carboxylic acids is 1. The summed E-state index contributed by atoms with van der Waals surface area (Å²) in [5.41, 5.74) is 0.769. The number of hydrogen-bond donors (Lipinski definition) is 1. The van der Waals surface area contributed by atoms with E-state index in [1.54, 1.807) is 18.2 Å². The Morgan fingerprint density at radius 3 is 2.59 bits per heavy atom. The molecule has 1 aromatic carbocycles. The Balaban J connectivity index is 1.71. The number of rotatable bonds is 9. The molecule has 2 aromatic rings. The van der Waals surface area contributed by atoms with Crippen LogP contribution in [0.25, 0.3) is 11.3 Å². The monoisotopic (exact) mass is 562 g/mol. The minimum Gasteiger partial charge on any atom is -0.493 e. The molecular formula is C28H39FN4O5S. The Hall–Kier alpha value is -2.76. The van der Waals surface area contributed by atoms with Gasteiger partial charge >= 0.3 is 10.2 Å². The highest BCUT2D eigenvalue weighted by Crippen LogP contribution is 2.38. The molecule has 4 rings (SSSR count). The van der Waals surface area contributed by atoms with Gasteiger partial charge in [0.1, 0.15) is 17.4 Å². The van der Waals surface area contributed by atoms with Gasteiger partial charge in [0, 0.05) is 43.9 Å². The lowest BCUT2D eigenvalue weighted by molar-refractivity contribution is 0.0977. The molecule has 2 aliphatic rings. The number of pyridine rings is 1. The fraction of sp³-hybridized carbons (Fsp3) is 0.571. The lowest BCUT2D eigenvalue weighted by Crippen LogP contribution is -2.44. The van der Waals surface area contributed by atoms with Gasteiger partial charge in [-0.2, -0.15) is 12.7 Å². The van der Waals surface area contributed by atoms with Gasteiger partial charge in [-0.05, 0) is 62.8 Å². The maximum Gasteiger partial charge on any atom is 0.304 e. The van der Waals surface area contributed by atoms with Crippen LogP contribution in [0, 0.1) is 17.7 Å². The minimum atomic E-state index is -4.08. The van der Waals surface area contributed by atoms with E-state index in [2.05, 4.69) is 25.5 Å². The van der Waals surface area contributed by atoms with Gasteiger partial charge in [-0.25, -0.2) is 14.1 Å². The largest absolute Gasteiger partial charge is 0.493 e. The quantitative estimate of drug-likeness (QED) is 0.488. The Kier molecular flexibility index (Phi) is 8.53. The van der Waals surface area contributed by atoms with Crippen molar-refractivity contribution in [3.63, 3.8) is 0 Å². The number of nitrogens with one attached hydrogen (secondary N) is 1. The van der Waals surface area contributed by atoms with Crippen LogP contribution in [0.15, 0.2) is 30.3 Å². The topological polar surface area (TPSA) is 101 Å². The molecular weight excluding hydrogens is 523 g/mol. The third-order valence-corrected chi connectivity index (χ3v) is 8.66. The van der Waals surface area contributed by atoms with Crippen molar-refractivity contribution in [2.24, 2.45) is 11.8 Å². The summed E-state index contributed by atoms with van der Waals surface area (Å²) in [5, 5.41) is 0. The van der Waals surface area contributed by atoms with E-state index in [-0.39, 0.29) is 36.2 Å². The van der Waals surface area contributed by atoms with E-state index >= 15 is 0 Å². The lowest BCUT2D eigenvalue weighted by atomic mass is 9.97. The van der Waals surface area contributed by atoms with E-state index in [0.29, 0.717) is 48.3 Å². The maximum absolute atomic E-state index is 14.5. The minimum absolute atomic E-state index is 0.139. The predicted octanol–water partition coefficient (Wildman–Crippen LogP) is 4.24. The van der Waals surface area contributed by atoms with Crippen molar-refractivity contribution >= 4 is 21.9 Å². The van der Waals surface area contributed by atoms with Crippen molar-refractivity contribution in [2.75, 3.05) is 38.3 Å². The van der Waals surface area contributed by atoms with Crippen LogP contribution in [0.1, 0.15) is 57.8 Å². The molecule has 0 bridgehead atoms. The molecule has 1 aromatic heterocycles. The van der Waals surface area contributed by atoms with Crippen LogP contribution in [0.4, 0.5) is 10.2 Å². The zero-order chi connectivity index (χ0) is 28.5. The molecule has 11 heteroatoms. The van der Waals surface area contributed by atoms with E-state index in [4.69, 9.17) is 14.5 Å². The fourth-order valence-electron chi connectivity index (χ4n) is 5.35. The Bertz CT molecular complexity index is 1320. The second kappa shape index (κ2) is 11.4. The Morgan fingerprint density at radius 1 is 1.23 bits per heavy atom. The molecule has 2 aliphatic heterocycles. The first-order valence-corrected chi connectivity index (χ1v) is 14.8. The summed E-state index contributed by atoms with van der Waals surface area (Å²) in [4.78, 5) is 20.3. The molecule has 2 atom stereocenters. The van der Waals surface area contributed by atoms with E-state index in [0.717, 1.165) is 6.42 Å². The number of carbonyl (C=O) groups is 1. The van der Waals surface area contributed by atoms with Crippen molar-refractivity contribution in [1.29, 1.82) is 0 Å². The van der Waals surface area contributed by atoms with Gasteiger partial charge in [-0.3, -0.25) is 4.79 Å². The molecule has 0 aliphatic carbocycles. The lowest BCUT2D eigenvalue weighted by Gasteiger charge is -2.34. The predicted molar refractivity (Wildman–Crippen MR) is 149 cm³/mol. The molecule has 39 heavy (non-hydrogen) atoms. The van der Waals surface area contributed by atoms with Crippen molar-refractivity contribution < 1.29 is 27.1 Å². The smallest absolute Gasteiger partial charge is 0.304 e. The maximum atomic E-state index is 14.5. The van der Waals surface area contributed by atoms with Crippen LogP contribution in [-0.4, -0.2) is 68.6 Å². The number of halogens is 1. The molecule has 0 radical (unpaired) electrons. The van der Waals surface area contributed by atoms with Gasteiger partial charge in [0.25, 0.3) is 5.91 Å². The summed E-state index contributed by atoms with van der Waals surface area (Å²) in [6.07, 6.45) is 1.22. The number of amides is 1. The first kappa shape index (κ1) is 29.2. The Labute approximate surface area is 230 Å². The highest BCUT2D eigenvalue weighted by molar-refractivity contribution is 7.87. The summed E-state index contributed by atoms with van der Waals surface area (Å²) in [6.45, 7) is 11.8. The molecule has 214 valence electrons. The zero-order valence-electron chi connectivity index (χ0n) is 23.5. The SMILES string of the molecule is CO[C@H]1CCN(S(=O)(=O)NC(=O)c2ccc(-c3cc(F)cc(OCC(C)C)c3)nc2N2C[C@@H](C)CC2(C)C)C1. The average Bonchev–Trinajstić information content (AvgIpc) is 3.45. The van der Waals surface area contributed by atoms with Crippen LogP contribution in [0.5, 0.6) is 5.75 Å². The number of ether oxygens (including phenoxy) is 2. The van der Waals surface area contributed by atoms with E-state index in [9.17, 15) is 17.6 Å². The number of aromatic nitrogens is 1. The van der Waals surface area contributed by atoms with E-state index < -0.39 is 21.9 Å². The first-order chi connectivity index (χ1) is 18.3. The fourth-order valence-corrected chi connectivity index (χ4v) is 6.54. The van der Waals surface area contributed by atoms with Gasteiger partial charge in [0.2, 0.25) is 0 Å². The molecule has 0 saturated carbocycles. The van der Waals surface area contributed by atoms with Gasteiger partial charge in [0.15, 0.2) is 0 Å². The van der Waals surface area contributed by atoms with Crippen LogP contribution in [-0.2, 0) is 14.9 Å². The van der Waals surface area contributed by atoms with Crippen molar-refractivity contribution in [3.05, 3.63) is 41.7 Å². The van der Waals surface area contributed by atoms with E-state index in [1.807, 2.05) is 18.7 Å². The average molecular weight is 563 g/mol. The van der Waals surface area contributed by atoms with Crippen molar-refractivity contribution in [3.8, 4) is 17.0 Å².